The lowest BCUT2D eigenvalue weighted by atomic mass is 9.64. The molecule has 0 aromatic rings. The van der Waals surface area contributed by atoms with Crippen molar-refractivity contribution in [3.63, 3.8) is 0 Å². The zero-order chi connectivity index (χ0) is 12.5. The van der Waals surface area contributed by atoms with Gasteiger partial charge in [0.25, 0.3) is 0 Å². The van der Waals surface area contributed by atoms with Crippen LogP contribution in [0.2, 0.25) is 0 Å². The molecule has 3 heteroatoms. The van der Waals surface area contributed by atoms with E-state index in [1.54, 1.807) is 0 Å². The molecule has 0 radical (unpaired) electrons. The number of rotatable bonds is 5. The van der Waals surface area contributed by atoms with Crippen molar-refractivity contribution in [2.45, 2.75) is 58.1 Å². The van der Waals surface area contributed by atoms with Gasteiger partial charge in [0.2, 0.25) is 0 Å². The van der Waals surface area contributed by atoms with Gasteiger partial charge in [0.1, 0.15) is 0 Å². The fraction of sp³-hybridized carbons (Fsp3) is 1.00. The molecule has 2 aliphatic carbocycles. The maximum Gasteiger partial charge on any atom is 0.0652 e. The number of ether oxygens (including phenoxy) is 1. The predicted octanol–water partition coefficient (Wildman–Crippen LogP) is 1.91. The van der Waals surface area contributed by atoms with E-state index in [1.807, 2.05) is 7.11 Å². The lowest BCUT2D eigenvalue weighted by molar-refractivity contribution is -0.0993. The number of nitrogens with two attached hydrogens (primary N) is 1. The van der Waals surface area contributed by atoms with E-state index in [2.05, 4.69) is 19.2 Å². The second kappa shape index (κ2) is 4.87. The Balaban J connectivity index is 1.83. The number of nitrogens with one attached hydrogen (secondary N) is 1. The highest BCUT2D eigenvalue weighted by Gasteiger charge is 2.49. The van der Waals surface area contributed by atoms with E-state index >= 15 is 0 Å². The minimum atomic E-state index is 0.267. The molecule has 0 saturated heterocycles. The second-order valence-electron chi connectivity index (χ2n) is 6.63. The Morgan fingerprint density at radius 2 is 1.94 bits per heavy atom. The SMILES string of the molecule is COC1CC(NCC2(CN)CCCC2)C1(C)C. The highest BCUT2D eigenvalue weighted by molar-refractivity contribution is 5.03. The second-order valence-corrected chi connectivity index (χ2v) is 6.63. The lowest BCUT2D eigenvalue weighted by Crippen LogP contribution is -2.62. The third kappa shape index (κ3) is 2.38. The summed E-state index contributed by atoms with van der Waals surface area (Å²) in [4.78, 5) is 0. The molecule has 100 valence electrons. The van der Waals surface area contributed by atoms with Crippen LogP contribution in [0, 0.1) is 10.8 Å². The fourth-order valence-corrected chi connectivity index (χ4v) is 3.55. The van der Waals surface area contributed by atoms with E-state index in [0.717, 1.165) is 19.5 Å². The maximum atomic E-state index is 5.97. The van der Waals surface area contributed by atoms with E-state index in [-0.39, 0.29) is 5.41 Å². The van der Waals surface area contributed by atoms with Crippen molar-refractivity contribution in [1.82, 2.24) is 5.32 Å². The first kappa shape index (κ1) is 13.3. The van der Waals surface area contributed by atoms with E-state index in [4.69, 9.17) is 10.5 Å². The summed E-state index contributed by atoms with van der Waals surface area (Å²) < 4.78 is 5.49. The van der Waals surface area contributed by atoms with Gasteiger partial charge in [-0.15, -0.1) is 0 Å². The first-order valence-electron chi connectivity index (χ1n) is 7.00. The molecule has 2 fully saturated rings. The summed E-state index contributed by atoms with van der Waals surface area (Å²) in [6.07, 6.45) is 6.87. The largest absolute Gasteiger partial charge is 0.381 e. The van der Waals surface area contributed by atoms with Gasteiger partial charge in [0.05, 0.1) is 6.10 Å². The molecule has 0 amide bonds. The van der Waals surface area contributed by atoms with E-state index in [0.29, 0.717) is 17.6 Å². The average molecular weight is 240 g/mol. The summed E-state index contributed by atoms with van der Waals surface area (Å²) in [5.74, 6) is 0. The van der Waals surface area contributed by atoms with Crippen LogP contribution in [0.4, 0.5) is 0 Å². The van der Waals surface area contributed by atoms with Gasteiger partial charge in [-0.3, -0.25) is 0 Å². The molecule has 2 atom stereocenters. The summed E-state index contributed by atoms with van der Waals surface area (Å²) >= 11 is 0. The van der Waals surface area contributed by atoms with Crippen molar-refractivity contribution in [1.29, 1.82) is 0 Å². The third-order valence-corrected chi connectivity index (χ3v) is 5.28. The highest BCUT2D eigenvalue weighted by Crippen LogP contribution is 2.43. The van der Waals surface area contributed by atoms with Crippen molar-refractivity contribution in [2.75, 3.05) is 20.2 Å². The molecule has 0 bridgehead atoms. The Morgan fingerprint density at radius 3 is 2.41 bits per heavy atom. The van der Waals surface area contributed by atoms with Gasteiger partial charge in [-0.1, -0.05) is 26.7 Å². The first-order chi connectivity index (χ1) is 8.04. The zero-order valence-corrected chi connectivity index (χ0v) is 11.6. The standard InChI is InChI=1S/C14H28N2O/c1-13(2)11(8-12(13)17-3)16-10-14(9-15)6-4-5-7-14/h11-12,16H,4-10,15H2,1-3H3. The summed E-state index contributed by atoms with van der Waals surface area (Å²) in [5.41, 5.74) is 6.62. The minimum Gasteiger partial charge on any atom is -0.381 e. The Kier molecular flexibility index (Phi) is 3.81. The highest BCUT2D eigenvalue weighted by atomic mass is 16.5. The molecular formula is C14H28N2O. The normalized spacial score (nSPS) is 34.6. The van der Waals surface area contributed by atoms with Crippen molar-refractivity contribution < 1.29 is 4.74 Å². The van der Waals surface area contributed by atoms with Crippen LogP contribution in [0.1, 0.15) is 46.0 Å². The quantitative estimate of drug-likeness (QED) is 0.771. The maximum absolute atomic E-state index is 5.97. The fourth-order valence-electron chi connectivity index (χ4n) is 3.55. The monoisotopic (exact) mass is 240 g/mol. The van der Waals surface area contributed by atoms with Crippen molar-refractivity contribution >= 4 is 0 Å². The molecule has 0 aromatic carbocycles. The molecule has 2 unspecified atom stereocenters. The lowest BCUT2D eigenvalue weighted by Gasteiger charge is -2.52. The van der Waals surface area contributed by atoms with Gasteiger partial charge in [-0.05, 0) is 31.2 Å². The summed E-state index contributed by atoms with van der Waals surface area (Å²) in [6, 6.07) is 0.594. The first-order valence-corrected chi connectivity index (χ1v) is 7.00. The minimum absolute atomic E-state index is 0.267. The number of hydrogen-bond acceptors (Lipinski definition) is 3. The van der Waals surface area contributed by atoms with Crippen LogP contribution in [-0.4, -0.2) is 32.3 Å². The molecule has 17 heavy (non-hydrogen) atoms. The molecule has 2 aliphatic rings. The number of hydrogen-bond donors (Lipinski definition) is 2. The summed E-state index contributed by atoms with van der Waals surface area (Å²) in [6.45, 7) is 6.52. The molecular weight excluding hydrogens is 212 g/mol. The van der Waals surface area contributed by atoms with Gasteiger partial charge in [0, 0.05) is 25.1 Å². The van der Waals surface area contributed by atoms with E-state index < -0.39 is 0 Å². The molecule has 3 nitrogen and oxygen atoms in total. The Labute approximate surface area is 105 Å². The van der Waals surface area contributed by atoms with Crippen molar-refractivity contribution in [3.8, 4) is 0 Å². The van der Waals surface area contributed by atoms with Crippen LogP contribution < -0.4 is 11.1 Å². The van der Waals surface area contributed by atoms with Gasteiger partial charge >= 0.3 is 0 Å². The van der Waals surface area contributed by atoms with Crippen LogP contribution in [-0.2, 0) is 4.74 Å². The van der Waals surface area contributed by atoms with Crippen LogP contribution in [0.25, 0.3) is 0 Å². The van der Waals surface area contributed by atoms with Crippen molar-refractivity contribution in [2.24, 2.45) is 16.6 Å². The smallest absolute Gasteiger partial charge is 0.0652 e. The van der Waals surface area contributed by atoms with E-state index in [9.17, 15) is 0 Å². The van der Waals surface area contributed by atoms with Gasteiger partial charge < -0.3 is 15.8 Å². The Bertz CT molecular complexity index is 259. The predicted molar refractivity (Wildman–Crippen MR) is 70.9 cm³/mol. The van der Waals surface area contributed by atoms with Gasteiger partial charge in [-0.25, -0.2) is 0 Å². The van der Waals surface area contributed by atoms with Gasteiger partial charge in [0.15, 0.2) is 0 Å². The molecule has 0 aromatic heterocycles. The summed E-state index contributed by atoms with van der Waals surface area (Å²) in [7, 11) is 1.82. The topological polar surface area (TPSA) is 47.3 Å². The third-order valence-electron chi connectivity index (χ3n) is 5.28. The number of methoxy groups -OCH3 is 1. The molecule has 3 N–H and O–H groups in total. The molecule has 2 rings (SSSR count). The Hall–Kier alpha value is -0.120. The average Bonchev–Trinajstić information content (AvgIpc) is 2.77. The molecule has 0 aliphatic heterocycles. The van der Waals surface area contributed by atoms with Crippen LogP contribution in [0.15, 0.2) is 0 Å². The summed E-state index contributed by atoms with van der Waals surface area (Å²) in [5, 5.41) is 3.75. The van der Waals surface area contributed by atoms with Gasteiger partial charge in [-0.2, -0.15) is 0 Å². The molecule has 0 spiro atoms. The van der Waals surface area contributed by atoms with Crippen LogP contribution >= 0.6 is 0 Å². The zero-order valence-electron chi connectivity index (χ0n) is 11.6. The molecule has 2 saturated carbocycles. The molecule has 0 heterocycles. The van der Waals surface area contributed by atoms with E-state index in [1.165, 1.54) is 25.7 Å². The van der Waals surface area contributed by atoms with Crippen molar-refractivity contribution in [3.05, 3.63) is 0 Å². The van der Waals surface area contributed by atoms with Crippen LogP contribution in [0.3, 0.4) is 0 Å². The Morgan fingerprint density at radius 1 is 1.29 bits per heavy atom. The van der Waals surface area contributed by atoms with Crippen LogP contribution in [0.5, 0.6) is 0 Å².